The third-order valence-electron chi connectivity index (χ3n) is 3.76. The lowest BCUT2D eigenvalue weighted by molar-refractivity contribution is -0.386. The molecule has 2 unspecified atom stereocenters. The van der Waals surface area contributed by atoms with Gasteiger partial charge in [-0.1, -0.05) is 34.6 Å². The number of nitrogens with one attached hydrogen (secondary N) is 1. The molecule has 0 aromatic carbocycles. The topological polar surface area (TPSA) is 73.0 Å². The Balaban J connectivity index is 3.32. The van der Waals surface area contributed by atoms with E-state index in [1.807, 2.05) is 27.7 Å². The van der Waals surface area contributed by atoms with Crippen molar-refractivity contribution in [1.82, 2.24) is 15.1 Å². The highest BCUT2D eigenvalue weighted by Crippen LogP contribution is 2.35. The van der Waals surface area contributed by atoms with Crippen molar-refractivity contribution in [3.8, 4) is 0 Å². The molecule has 0 aliphatic heterocycles. The molecule has 1 aromatic heterocycles. The second-order valence-corrected chi connectivity index (χ2v) is 5.52. The molecule has 0 amide bonds. The van der Waals surface area contributed by atoms with Gasteiger partial charge in [0.1, 0.15) is 11.4 Å². The van der Waals surface area contributed by atoms with E-state index < -0.39 is 0 Å². The van der Waals surface area contributed by atoms with Gasteiger partial charge < -0.3 is 5.32 Å². The number of rotatable bonds is 7. The first-order chi connectivity index (χ1) is 9.34. The quantitative estimate of drug-likeness (QED) is 0.616. The molecule has 1 aromatic rings. The molecule has 2 atom stereocenters. The Labute approximate surface area is 120 Å². The standard InChI is InChI=1S/C14H26N4O2/c1-7-11(15-8-2)10(5)13-14(18(19)20)12(9(3)4)16-17(13)6/h9-11,15H,7-8H2,1-6H3. The molecule has 1 rings (SSSR count). The molecular weight excluding hydrogens is 256 g/mol. The van der Waals surface area contributed by atoms with Gasteiger partial charge in [0.25, 0.3) is 0 Å². The average Bonchev–Trinajstić information content (AvgIpc) is 2.73. The molecule has 0 aliphatic carbocycles. The first-order valence-corrected chi connectivity index (χ1v) is 7.29. The maximum absolute atomic E-state index is 11.5. The Morgan fingerprint density at radius 2 is 1.95 bits per heavy atom. The molecule has 0 spiro atoms. The highest BCUT2D eigenvalue weighted by atomic mass is 16.6. The van der Waals surface area contributed by atoms with Gasteiger partial charge in [-0.2, -0.15) is 5.10 Å². The average molecular weight is 282 g/mol. The van der Waals surface area contributed by atoms with Gasteiger partial charge in [-0.25, -0.2) is 0 Å². The smallest absolute Gasteiger partial charge is 0.313 e. The van der Waals surface area contributed by atoms with E-state index in [-0.39, 0.29) is 28.5 Å². The van der Waals surface area contributed by atoms with E-state index in [9.17, 15) is 10.1 Å². The zero-order chi connectivity index (χ0) is 15.4. The zero-order valence-electron chi connectivity index (χ0n) is 13.3. The summed E-state index contributed by atoms with van der Waals surface area (Å²) in [5.41, 5.74) is 1.48. The number of aryl methyl sites for hydroxylation is 1. The van der Waals surface area contributed by atoms with Crippen LogP contribution in [0.3, 0.4) is 0 Å². The maximum atomic E-state index is 11.5. The first-order valence-electron chi connectivity index (χ1n) is 7.29. The maximum Gasteiger partial charge on any atom is 0.313 e. The summed E-state index contributed by atoms with van der Waals surface area (Å²) in [6.07, 6.45) is 0.925. The van der Waals surface area contributed by atoms with Crippen molar-refractivity contribution in [2.45, 2.75) is 58.9 Å². The van der Waals surface area contributed by atoms with Crippen LogP contribution in [0.5, 0.6) is 0 Å². The van der Waals surface area contributed by atoms with Crippen molar-refractivity contribution < 1.29 is 4.92 Å². The summed E-state index contributed by atoms with van der Waals surface area (Å²) in [5, 5.41) is 19.2. The van der Waals surface area contributed by atoms with Crippen molar-refractivity contribution >= 4 is 5.69 Å². The Hall–Kier alpha value is -1.43. The van der Waals surface area contributed by atoms with Crippen molar-refractivity contribution in [2.24, 2.45) is 7.05 Å². The Kier molecular flexibility index (Phi) is 5.68. The third-order valence-corrected chi connectivity index (χ3v) is 3.76. The van der Waals surface area contributed by atoms with Crippen molar-refractivity contribution in [3.63, 3.8) is 0 Å². The fraction of sp³-hybridized carbons (Fsp3) is 0.786. The number of likely N-dealkylation sites (N-methyl/N-ethyl adjacent to an activating group) is 1. The number of nitrogens with zero attached hydrogens (tertiary/aromatic N) is 3. The second-order valence-electron chi connectivity index (χ2n) is 5.52. The predicted molar refractivity (Wildman–Crippen MR) is 80.1 cm³/mol. The van der Waals surface area contributed by atoms with E-state index in [0.717, 1.165) is 13.0 Å². The van der Waals surface area contributed by atoms with Crippen LogP contribution in [0.1, 0.15) is 64.3 Å². The molecule has 0 fully saturated rings. The van der Waals surface area contributed by atoms with Gasteiger partial charge in [-0.05, 0) is 13.0 Å². The minimum absolute atomic E-state index is 0.0433. The van der Waals surface area contributed by atoms with Crippen molar-refractivity contribution in [2.75, 3.05) is 6.54 Å². The van der Waals surface area contributed by atoms with Crippen LogP contribution in [-0.4, -0.2) is 27.3 Å². The van der Waals surface area contributed by atoms with Gasteiger partial charge in [-0.3, -0.25) is 14.8 Å². The molecule has 114 valence electrons. The van der Waals surface area contributed by atoms with E-state index in [2.05, 4.69) is 17.3 Å². The number of nitro groups is 1. The molecule has 6 heteroatoms. The molecule has 0 aliphatic rings. The molecular formula is C14H26N4O2. The highest BCUT2D eigenvalue weighted by molar-refractivity contribution is 5.45. The second kappa shape index (κ2) is 6.83. The van der Waals surface area contributed by atoms with Crippen LogP contribution in [0.25, 0.3) is 0 Å². The van der Waals surface area contributed by atoms with Crippen LogP contribution in [0.4, 0.5) is 5.69 Å². The molecule has 20 heavy (non-hydrogen) atoms. The lowest BCUT2D eigenvalue weighted by atomic mass is 9.93. The van der Waals surface area contributed by atoms with Crippen LogP contribution in [0.2, 0.25) is 0 Å². The van der Waals surface area contributed by atoms with E-state index in [0.29, 0.717) is 11.4 Å². The van der Waals surface area contributed by atoms with Crippen molar-refractivity contribution in [1.29, 1.82) is 0 Å². The molecule has 0 saturated carbocycles. The SMILES string of the molecule is CCNC(CC)C(C)c1c([N+](=O)[O-])c(C(C)C)nn1C. The van der Waals surface area contributed by atoms with Crippen molar-refractivity contribution in [3.05, 3.63) is 21.5 Å². The van der Waals surface area contributed by atoms with Crippen LogP contribution in [-0.2, 0) is 7.05 Å². The van der Waals surface area contributed by atoms with E-state index >= 15 is 0 Å². The normalized spacial score (nSPS) is 14.6. The summed E-state index contributed by atoms with van der Waals surface area (Å²) < 4.78 is 1.68. The van der Waals surface area contributed by atoms with Gasteiger partial charge in [-0.15, -0.1) is 0 Å². The van der Waals surface area contributed by atoms with Crippen LogP contribution < -0.4 is 5.32 Å². The molecule has 6 nitrogen and oxygen atoms in total. The lowest BCUT2D eigenvalue weighted by Crippen LogP contribution is -2.34. The summed E-state index contributed by atoms with van der Waals surface area (Å²) in [6.45, 7) is 10.9. The molecule has 0 saturated heterocycles. The Morgan fingerprint density at radius 3 is 2.35 bits per heavy atom. The van der Waals surface area contributed by atoms with Crippen LogP contribution in [0, 0.1) is 10.1 Å². The van der Waals surface area contributed by atoms with Gasteiger partial charge in [0, 0.05) is 24.9 Å². The summed E-state index contributed by atoms with van der Waals surface area (Å²) in [6, 6.07) is 0.217. The third kappa shape index (κ3) is 3.17. The Bertz CT molecular complexity index is 468. The van der Waals surface area contributed by atoms with Gasteiger partial charge in [0.15, 0.2) is 0 Å². The van der Waals surface area contributed by atoms with Crippen LogP contribution >= 0.6 is 0 Å². The first kappa shape index (κ1) is 16.6. The van der Waals surface area contributed by atoms with E-state index in [4.69, 9.17) is 0 Å². The Morgan fingerprint density at radius 1 is 1.35 bits per heavy atom. The highest BCUT2D eigenvalue weighted by Gasteiger charge is 2.33. The molecule has 0 bridgehead atoms. The summed E-state index contributed by atoms with van der Waals surface area (Å²) >= 11 is 0. The fourth-order valence-corrected chi connectivity index (χ4v) is 2.76. The predicted octanol–water partition coefficient (Wildman–Crippen LogP) is 2.94. The molecule has 1 heterocycles. The monoisotopic (exact) mass is 282 g/mol. The van der Waals surface area contributed by atoms with Gasteiger partial charge in [0.2, 0.25) is 0 Å². The van der Waals surface area contributed by atoms with E-state index in [1.54, 1.807) is 11.7 Å². The van der Waals surface area contributed by atoms with E-state index in [1.165, 1.54) is 0 Å². The number of hydrogen-bond acceptors (Lipinski definition) is 4. The van der Waals surface area contributed by atoms with Gasteiger partial charge >= 0.3 is 5.69 Å². The zero-order valence-corrected chi connectivity index (χ0v) is 13.3. The summed E-state index contributed by atoms with van der Waals surface area (Å²) in [4.78, 5) is 11.2. The largest absolute Gasteiger partial charge is 0.314 e. The number of aromatic nitrogens is 2. The summed E-state index contributed by atoms with van der Waals surface area (Å²) in [7, 11) is 1.80. The minimum atomic E-state index is -0.285. The molecule has 1 N–H and O–H groups in total. The number of hydrogen-bond donors (Lipinski definition) is 1. The fourth-order valence-electron chi connectivity index (χ4n) is 2.76. The van der Waals surface area contributed by atoms with Crippen LogP contribution in [0.15, 0.2) is 0 Å². The summed E-state index contributed by atoms with van der Waals surface area (Å²) in [5.74, 6) is 0.0899. The minimum Gasteiger partial charge on any atom is -0.314 e. The lowest BCUT2D eigenvalue weighted by Gasteiger charge is -2.23. The molecule has 0 radical (unpaired) electrons. The van der Waals surface area contributed by atoms with Gasteiger partial charge in [0.05, 0.1) is 4.92 Å².